The van der Waals surface area contributed by atoms with Gasteiger partial charge in [0.1, 0.15) is 5.75 Å². The number of carboxylic acids is 1. The second kappa shape index (κ2) is 3.79. The number of hydrogen-bond donors (Lipinski definition) is 1. The minimum Gasteiger partial charge on any atom is -0.496 e. The number of carbonyl (C=O) groups is 1. The summed E-state index contributed by atoms with van der Waals surface area (Å²) in [7, 11) is 3.02. The quantitative estimate of drug-likeness (QED) is 0.843. The highest BCUT2D eigenvalue weighted by Crippen LogP contribution is 2.43. The van der Waals surface area contributed by atoms with Gasteiger partial charge in [-0.1, -0.05) is 12.1 Å². The number of aliphatic carboxylic acids is 1. The average molecular weight is 222 g/mol. The lowest BCUT2D eigenvalue weighted by Gasteiger charge is -2.23. The zero-order valence-corrected chi connectivity index (χ0v) is 9.32. The fourth-order valence-corrected chi connectivity index (χ4v) is 2.35. The van der Waals surface area contributed by atoms with Gasteiger partial charge in [0.25, 0.3) is 0 Å². The molecule has 1 aromatic carbocycles. The third kappa shape index (κ3) is 1.30. The van der Waals surface area contributed by atoms with E-state index in [2.05, 4.69) is 0 Å². The third-order valence-electron chi connectivity index (χ3n) is 3.21. The van der Waals surface area contributed by atoms with Gasteiger partial charge in [-0.05, 0) is 18.9 Å². The highest BCUT2D eigenvalue weighted by molar-refractivity contribution is 5.81. The van der Waals surface area contributed by atoms with Crippen molar-refractivity contribution in [1.29, 1.82) is 0 Å². The summed E-state index contributed by atoms with van der Waals surface area (Å²) in [5, 5.41) is 9.31. The van der Waals surface area contributed by atoms with Crippen molar-refractivity contribution in [2.75, 3.05) is 14.2 Å². The lowest BCUT2D eigenvalue weighted by molar-refractivity contribution is -0.163. The van der Waals surface area contributed by atoms with Crippen LogP contribution in [0.4, 0.5) is 0 Å². The zero-order valence-electron chi connectivity index (χ0n) is 9.32. The molecular formula is C12H14O4. The Balaban J connectivity index is 2.58. The predicted molar refractivity (Wildman–Crippen MR) is 57.6 cm³/mol. The molecule has 2 rings (SSSR count). The first-order chi connectivity index (χ1) is 7.65. The normalized spacial score (nSPS) is 22.9. The van der Waals surface area contributed by atoms with Crippen molar-refractivity contribution in [3.63, 3.8) is 0 Å². The van der Waals surface area contributed by atoms with Crippen LogP contribution in [-0.4, -0.2) is 25.3 Å². The lowest BCUT2D eigenvalue weighted by Crippen LogP contribution is -2.35. The van der Waals surface area contributed by atoms with E-state index in [0.29, 0.717) is 18.4 Å². The molecule has 16 heavy (non-hydrogen) atoms. The monoisotopic (exact) mass is 222 g/mol. The van der Waals surface area contributed by atoms with Crippen LogP contribution in [0.1, 0.15) is 17.5 Å². The van der Waals surface area contributed by atoms with Crippen molar-refractivity contribution in [1.82, 2.24) is 0 Å². The van der Waals surface area contributed by atoms with Crippen LogP contribution >= 0.6 is 0 Å². The molecule has 1 N–H and O–H groups in total. The average Bonchev–Trinajstić information content (AvgIpc) is 2.68. The van der Waals surface area contributed by atoms with Crippen molar-refractivity contribution in [2.45, 2.75) is 18.4 Å². The van der Waals surface area contributed by atoms with Gasteiger partial charge in [-0.3, -0.25) is 0 Å². The van der Waals surface area contributed by atoms with Gasteiger partial charge in [-0.2, -0.15) is 0 Å². The van der Waals surface area contributed by atoms with Crippen LogP contribution in [0.5, 0.6) is 5.75 Å². The molecule has 0 aliphatic heterocycles. The van der Waals surface area contributed by atoms with Gasteiger partial charge < -0.3 is 14.6 Å². The standard InChI is InChI=1S/C12H14O4/c1-15-10-5-3-4-9-8(10)6-7-12(9,16-2)11(13)14/h3-5H,6-7H2,1-2H3,(H,13,14). The molecule has 0 heterocycles. The predicted octanol–water partition coefficient (Wildman–Crippen LogP) is 1.57. The number of ether oxygens (including phenoxy) is 2. The summed E-state index contributed by atoms with van der Waals surface area (Å²) in [6.45, 7) is 0. The molecule has 1 aliphatic carbocycles. The van der Waals surface area contributed by atoms with Gasteiger partial charge in [0, 0.05) is 18.2 Å². The molecule has 1 aliphatic rings. The summed E-state index contributed by atoms with van der Waals surface area (Å²) < 4.78 is 10.5. The van der Waals surface area contributed by atoms with E-state index in [0.717, 1.165) is 11.3 Å². The maximum atomic E-state index is 11.4. The largest absolute Gasteiger partial charge is 0.496 e. The number of fused-ring (bicyclic) bond motifs is 1. The topological polar surface area (TPSA) is 55.8 Å². The summed E-state index contributed by atoms with van der Waals surface area (Å²) in [6.07, 6.45) is 1.12. The smallest absolute Gasteiger partial charge is 0.340 e. The van der Waals surface area contributed by atoms with Crippen LogP contribution in [0.25, 0.3) is 0 Å². The Morgan fingerprint density at radius 2 is 2.19 bits per heavy atom. The van der Waals surface area contributed by atoms with E-state index >= 15 is 0 Å². The van der Waals surface area contributed by atoms with Crippen molar-refractivity contribution in [2.24, 2.45) is 0 Å². The number of methoxy groups -OCH3 is 2. The number of rotatable bonds is 3. The van der Waals surface area contributed by atoms with Crippen LogP contribution in [0.15, 0.2) is 18.2 Å². The van der Waals surface area contributed by atoms with Gasteiger partial charge in [0.15, 0.2) is 5.60 Å². The van der Waals surface area contributed by atoms with E-state index in [9.17, 15) is 9.90 Å². The first-order valence-electron chi connectivity index (χ1n) is 5.10. The molecule has 4 heteroatoms. The molecule has 0 bridgehead atoms. The van der Waals surface area contributed by atoms with Crippen molar-refractivity contribution < 1.29 is 19.4 Å². The maximum Gasteiger partial charge on any atom is 0.340 e. The molecule has 0 fully saturated rings. The van der Waals surface area contributed by atoms with Crippen molar-refractivity contribution in [3.05, 3.63) is 29.3 Å². The van der Waals surface area contributed by atoms with Crippen molar-refractivity contribution in [3.8, 4) is 5.75 Å². The van der Waals surface area contributed by atoms with E-state index in [4.69, 9.17) is 9.47 Å². The molecule has 1 aromatic rings. The van der Waals surface area contributed by atoms with Crippen molar-refractivity contribution >= 4 is 5.97 Å². The molecule has 1 unspecified atom stereocenters. The van der Waals surface area contributed by atoms with E-state index in [-0.39, 0.29) is 0 Å². The van der Waals surface area contributed by atoms with Gasteiger partial charge in [-0.15, -0.1) is 0 Å². The minimum absolute atomic E-state index is 0.453. The Morgan fingerprint density at radius 1 is 1.44 bits per heavy atom. The van der Waals surface area contributed by atoms with E-state index in [1.165, 1.54) is 7.11 Å². The van der Waals surface area contributed by atoms with Gasteiger partial charge >= 0.3 is 5.97 Å². The summed E-state index contributed by atoms with van der Waals surface area (Å²) in [5.74, 6) is -0.209. The summed E-state index contributed by atoms with van der Waals surface area (Å²) in [6, 6.07) is 5.43. The molecule has 86 valence electrons. The van der Waals surface area contributed by atoms with E-state index < -0.39 is 11.6 Å². The Labute approximate surface area is 93.8 Å². The number of benzene rings is 1. The Morgan fingerprint density at radius 3 is 2.75 bits per heavy atom. The van der Waals surface area contributed by atoms with E-state index in [1.54, 1.807) is 19.2 Å². The fourth-order valence-electron chi connectivity index (χ4n) is 2.35. The number of carboxylic acid groups (broad SMARTS) is 1. The van der Waals surface area contributed by atoms with Crippen LogP contribution in [0.3, 0.4) is 0 Å². The Kier molecular flexibility index (Phi) is 2.59. The molecule has 0 saturated heterocycles. The summed E-state index contributed by atoms with van der Waals surface area (Å²) in [5.41, 5.74) is 0.445. The highest BCUT2D eigenvalue weighted by atomic mass is 16.5. The first-order valence-corrected chi connectivity index (χ1v) is 5.10. The first kappa shape index (κ1) is 11.0. The molecular weight excluding hydrogens is 208 g/mol. The Hall–Kier alpha value is -1.55. The van der Waals surface area contributed by atoms with Crippen LogP contribution in [0.2, 0.25) is 0 Å². The van der Waals surface area contributed by atoms with Crippen LogP contribution in [-0.2, 0) is 21.6 Å². The fraction of sp³-hybridized carbons (Fsp3) is 0.417. The zero-order chi connectivity index (χ0) is 11.8. The molecule has 4 nitrogen and oxygen atoms in total. The van der Waals surface area contributed by atoms with Gasteiger partial charge in [0.05, 0.1) is 7.11 Å². The molecule has 0 saturated carbocycles. The third-order valence-corrected chi connectivity index (χ3v) is 3.21. The van der Waals surface area contributed by atoms with Crippen LogP contribution in [0, 0.1) is 0 Å². The second-order valence-electron chi connectivity index (χ2n) is 3.82. The highest BCUT2D eigenvalue weighted by Gasteiger charge is 2.46. The SMILES string of the molecule is COc1cccc2c1CCC2(OC)C(=O)O. The van der Waals surface area contributed by atoms with E-state index in [1.807, 2.05) is 6.07 Å². The lowest BCUT2D eigenvalue weighted by atomic mass is 9.96. The summed E-state index contributed by atoms with van der Waals surface area (Å²) in [4.78, 5) is 11.4. The second-order valence-corrected chi connectivity index (χ2v) is 3.82. The molecule has 0 amide bonds. The van der Waals surface area contributed by atoms with Gasteiger partial charge in [0.2, 0.25) is 0 Å². The number of hydrogen-bond acceptors (Lipinski definition) is 3. The summed E-state index contributed by atoms with van der Waals surface area (Å²) >= 11 is 0. The van der Waals surface area contributed by atoms with Gasteiger partial charge in [-0.25, -0.2) is 4.79 Å². The minimum atomic E-state index is -1.20. The molecule has 0 spiro atoms. The molecule has 0 radical (unpaired) electrons. The molecule has 1 atom stereocenters. The van der Waals surface area contributed by atoms with Crippen LogP contribution < -0.4 is 4.74 Å². The molecule has 0 aromatic heterocycles. The Bertz CT molecular complexity index is 427. The maximum absolute atomic E-state index is 11.4.